The predicted molar refractivity (Wildman–Crippen MR) is 88.7 cm³/mol. The van der Waals surface area contributed by atoms with Crippen molar-refractivity contribution in [2.75, 3.05) is 6.61 Å². The van der Waals surface area contributed by atoms with Crippen LogP contribution in [-0.4, -0.2) is 40.2 Å². The number of hydrazone groups is 1. The first-order valence-corrected chi connectivity index (χ1v) is 8.55. The van der Waals surface area contributed by atoms with Crippen molar-refractivity contribution in [3.05, 3.63) is 29.8 Å². The molecular formula is C18H21F3N2O3. The predicted octanol–water partition coefficient (Wildman–Crippen LogP) is 3.58. The van der Waals surface area contributed by atoms with Gasteiger partial charge in [-0.1, -0.05) is 13.8 Å². The maximum absolute atomic E-state index is 13.4. The smallest absolute Gasteiger partial charge is 0.438 e. The number of ether oxygens (including phenoxy) is 1. The minimum Gasteiger partial charge on any atom is -0.493 e. The molecule has 0 aromatic heterocycles. The molecule has 1 aromatic rings. The maximum atomic E-state index is 13.4. The second-order valence-corrected chi connectivity index (χ2v) is 7.20. The summed E-state index contributed by atoms with van der Waals surface area (Å²) in [7, 11) is 0. The van der Waals surface area contributed by atoms with Gasteiger partial charge in [0.25, 0.3) is 11.6 Å². The molecule has 1 atom stereocenters. The molecule has 0 bridgehead atoms. The van der Waals surface area contributed by atoms with Crippen molar-refractivity contribution in [2.45, 2.75) is 45.0 Å². The Bertz CT molecular complexity index is 711. The molecule has 1 saturated carbocycles. The first-order valence-electron chi connectivity index (χ1n) is 8.55. The molecule has 5 nitrogen and oxygen atoms in total. The molecule has 0 radical (unpaired) electrons. The van der Waals surface area contributed by atoms with Crippen LogP contribution in [0, 0.1) is 11.8 Å². The number of rotatable bonds is 5. The van der Waals surface area contributed by atoms with E-state index in [4.69, 9.17) is 4.74 Å². The summed E-state index contributed by atoms with van der Waals surface area (Å²) in [5, 5.41) is 14.2. The number of hydrogen-bond donors (Lipinski definition) is 1. The summed E-state index contributed by atoms with van der Waals surface area (Å²) in [4.78, 5) is 12.6. The van der Waals surface area contributed by atoms with Crippen molar-refractivity contribution in [3.8, 4) is 5.75 Å². The Morgan fingerprint density at radius 2 is 1.96 bits per heavy atom. The third kappa shape index (κ3) is 3.56. The highest BCUT2D eigenvalue weighted by Gasteiger charge is 2.64. The van der Waals surface area contributed by atoms with Gasteiger partial charge in [-0.05, 0) is 48.9 Å². The molecule has 1 aliphatic carbocycles. The largest absolute Gasteiger partial charge is 0.493 e. The SMILES string of the molecule is CC(C)COc1ccc(C(=O)N2N=C(C3CC3)CC2(O)C(F)(F)F)cc1. The molecule has 1 aliphatic heterocycles. The average Bonchev–Trinajstić information content (AvgIpc) is 3.35. The Balaban J connectivity index is 1.82. The molecule has 1 aromatic carbocycles. The Morgan fingerprint density at radius 1 is 1.35 bits per heavy atom. The Hall–Kier alpha value is -2.09. The lowest BCUT2D eigenvalue weighted by atomic mass is 10.0. The van der Waals surface area contributed by atoms with Crippen LogP contribution >= 0.6 is 0 Å². The van der Waals surface area contributed by atoms with E-state index in [1.54, 1.807) is 0 Å². The molecule has 1 amide bonds. The van der Waals surface area contributed by atoms with Crippen LogP contribution in [0.5, 0.6) is 5.75 Å². The summed E-state index contributed by atoms with van der Waals surface area (Å²) in [6.07, 6.45) is -4.22. The van der Waals surface area contributed by atoms with Crippen LogP contribution in [-0.2, 0) is 0 Å². The number of alkyl halides is 3. The Morgan fingerprint density at radius 3 is 2.46 bits per heavy atom. The third-order valence-corrected chi connectivity index (χ3v) is 4.39. The number of aliphatic hydroxyl groups is 1. The van der Waals surface area contributed by atoms with Crippen LogP contribution in [0.15, 0.2) is 29.4 Å². The first-order chi connectivity index (χ1) is 12.1. The van der Waals surface area contributed by atoms with E-state index in [-0.39, 0.29) is 22.2 Å². The van der Waals surface area contributed by atoms with Gasteiger partial charge >= 0.3 is 6.18 Å². The van der Waals surface area contributed by atoms with Gasteiger partial charge in [0.1, 0.15) is 5.75 Å². The number of nitrogens with zero attached hydrogens (tertiary/aromatic N) is 2. The van der Waals surface area contributed by atoms with Gasteiger partial charge in [-0.2, -0.15) is 23.3 Å². The zero-order valence-corrected chi connectivity index (χ0v) is 14.6. The number of benzene rings is 1. The average molecular weight is 370 g/mol. The zero-order chi connectivity index (χ0) is 19.1. The van der Waals surface area contributed by atoms with Gasteiger partial charge in [0.2, 0.25) is 0 Å². The molecule has 0 spiro atoms. The number of hydrogen-bond acceptors (Lipinski definition) is 4. The molecule has 1 unspecified atom stereocenters. The number of halogens is 3. The van der Waals surface area contributed by atoms with E-state index in [0.717, 1.165) is 12.8 Å². The van der Waals surface area contributed by atoms with Gasteiger partial charge in [0, 0.05) is 17.7 Å². The molecule has 3 rings (SSSR count). The van der Waals surface area contributed by atoms with E-state index in [9.17, 15) is 23.1 Å². The lowest BCUT2D eigenvalue weighted by molar-refractivity contribution is -0.297. The molecule has 26 heavy (non-hydrogen) atoms. The minimum atomic E-state index is -5.00. The van der Waals surface area contributed by atoms with Gasteiger partial charge in [-0.15, -0.1) is 0 Å². The van der Waals surface area contributed by atoms with E-state index >= 15 is 0 Å². The molecule has 1 N–H and O–H groups in total. The fraction of sp³-hybridized carbons (Fsp3) is 0.556. The maximum Gasteiger partial charge on any atom is 0.438 e. The van der Waals surface area contributed by atoms with Crippen molar-refractivity contribution < 1.29 is 27.8 Å². The van der Waals surface area contributed by atoms with Crippen molar-refractivity contribution in [1.29, 1.82) is 0 Å². The van der Waals surface area contributed by atoms with Crippen LogP contribution in [0.25, 0.3) is 0 Å². The van der Waals surface area contributed by atoms with Crippen LogP contribution in [0.2, 0.25) is 0 Å². The van der Waals surface area contributed by atoms with Crippen molar-refractivity contribution >= 4 is 11.6 Å². The van der Waals surface area contributed by atoms with Crippen LogP contribution in [0.4, 0.5) is 13.2 Å². The first kappa shape index (κ1) is 18.7. The number of carbonyl (C=O) groups is 1. The van der Waals surface area contributed by atoms with Crippen LogP contribution in [0.3, 0.4) is 0 Å². The Labute approximate surface area is 149 Å². The summed E-state index contributed by atoms with van der Waals surface area (Å²) in [5.74, 6) is -0.229. The molecule has 0 saturated heterocycles. The third-order valence-electron chi connectivity index (χ3n) is 4.39. The molecule has 8 heteroatoms. The lowest BCUT2D eigenvalue weighted by Crippen LogP contribution is -2.56. The second-order valence-electron chi connectivity index (χ2n) is 7.20. The normalized spacial score (nSPS) is 23.3. The fourth-order valence-corrected chi connectivity index (χ4v) is 2.73. The molecular weight excluding hydrogens is 349 g/mol. The van der Waals surface area contributed by atoms with Crippen molar-refractivity contribution in [1.82, 2.24) is 5.01 Å². The summed E-state index contributed by atoms with van der Waals surface area (Å²) in [5.41, 5.74) is -3.06. The van der Waals surface area contributed by atoms with Crippen molar-refractivity contribution in [3.63, 3.8) is 0 Å². The topological polar surface area (TPSA) is 62.1 Å². The standard InChI is InChI=1S/C18H21F3N2O3/c1-11(2)10-26-14-7-5-13(6-8-14)16(24)23-17(25,18(19,20)21)9-15(22-23)12-3-4-12/h5-8,11-12,25H,3-4,9-10H2,1-2H3. The highest BCUT2D eigenvalue weighted by Crippen LogP contribution is 2.45. The highest BCUT2D eigenvalue weighted by molar-refractivity contribution is 5.99. The van der Waals surface area contributed by atoms with Crippen LogP contribution in [0.1, 0.15) is 43.5 Å². The minimum absolute atomic E-state index is 0.00497. The quantitative estimate of drug-likeness (QED) is 0.862. The summed E-state index contributed by atoms with van der Waals surface area (Å²) in [6, 6.07) is 5.78. The van der Waals surface area contributed by atoms with Gasteiger partial charge in [-0.25, -0.2) is 0 Å². The van der Waals surface area contributed by atoms with E-state index < -0.39 is 24.2 Å². The van der Waals surface area contributed by atoms with E-state index in [1.807, 2.05) is 13.8 Å². The van der Waals surface area contributed by atoms with E-state index in [2.05, 4.69) is 5.10 Å². The van der Waals surface area contributed by atoms with Gasteiger partial charge in [0.15, 0.2) is 0 Å². The molecule has 1 heterocycles. The zero-order valence-electron chi connectivity index (χ0n) is 14.6. The number of amides is 1. The fourth-order valence-electron chi connectivity index (χ4n) is 2.73. The van der Waals surface area contributed by atoms with Gasteiger partial charge in [-0.3, -0.25) is 4.79 Å². The molecule has 142 valence electrons. The van der Waals surface area contributed by atoms with Gasteiger partial charge < -0.3 is 9.84 Å². The highest BCUT2D eigenvalue weighted by atomic mass is 19.4. The van der Waals surface area contributed by atoms with Gasteiger partial charge in [0.05, 0.1) is 6.61 Å². The lowest BCUT2D eigenvalue weighted by Gasteiger charge is -2.32. The number of carbonyl (C=O) groups excluding carboxylic acids is 1. The van der Waals surface area contributed by atoms with Crippen LogP contribution < -0.4 is 4.74 Å². The summed E-state index contributed by atoms with van der Waals surface area (Å²) >= 11 is 0. The molecule has 1 fully saturated rings. The Kier molecular flexibility index (Phi) is 4.72. The van der Waals surface area contributed by atoms with Crippen molar-refractivity contribution in [2.24, 2.45) is 16.9 Å². The van der Waals surface area contributed by atoms with E-state index in [1.165, 1.54) is 24.3 Å². The summed E-state index contributed by atoms with van der Waals surface area (Å²) in [6.45, 7) is 4.46. The summed E-state index contributed by atoms with van der Waals surface area (Å²) < 4.78 is 45.8. The molecule has 2 aliphatic rings. The van der Waals surface area contributed by atoms with E-state index in [0.29, 0.717) is 18.3 Å². The monoisotopic (exact) mass is 370 g/mol. The second kappa shape index (κ2) is 6.57.